The van der Waals surface area contributed by atoms with Gasteiger partial charge >= 0.3 is 0 Å². The van der Waals surface area contributed by atoms with Crippen LogP contribution in [0.3, 0.4) is 0 Å². The van der Waals surface area contributed by atoms with E-state index in [1.807, 2.05) is 0 Å². The fourth-order valence-corrected chi connectivity index (χ4v) is 4.73. The van der Waals surface area contributed by atoms with Gasteiger partial charge in [-0.2, -0.15) is 5.10 Å². The minimum absolute atomic E-state index is 0.0127. The third-order valence-electron chi connectivity index (χ3n) is 5.58. The molecule has 9 heteroatoms. The molecule has 1 aromatic carbocycles. The summed E-state index contributed by atoms with van der Waals surface area (Å²) in [5, 5.41) is 7.63. The zero-order chi connectivity index (χ0) is 19.4. The Kier molecular flexibility index (Phi) is 3.80. The molecule has 3 aliphatic rings. The van der Waals surface area contributed by atoms with Crippen LogP contribution in [0.4, 0.5) is 10.2 Å². The molecule has 3 saturated carbocycles. The minimum atomic E-state index is -0.560. The van der Waals surface area contributed by atoms with Gasteiger partial charge in [-0.25, -0.2) is 18.9 Å². The maximum Gasteiger partial charge on any atom is 0.198 e. The Morgan fingerprint density at radius 2 is 2.14 bits per heavy atom. The summed E-state index contributed by atoms with van der Waals surface area (Å²) in [6.45, 7) is -0.0656. The van der Waals surface area contributed by atoms with Gasteiger partial charge in [0.25, 0.3) is 0 Å². The molecule has 1 N–H and O–H groups in total. The summed E-state index contributed by atoms with van der Waals surface area (Å²) in [5.74, 6) is 0.475. The molecule has 0 amide bonds. The topological polar surface area (TPSA) is 81.4 Å². The number of fused-ring (bicyclic) bond motifs is 1. The quantitative estimate of drug-likeness (QED) is 0.654. The predicted molar refractivity (Wildman–Crippen MR) is 99.9 cm³/mol. The van der Waals surface area contributed by atoms with Gasteiger partial charge in [0.05, 0.1) is 5.02 Å². The molecule has 3 aliphatic carbocycles. The van der Waals surface area contributed by atoms with Crippen LogP contribution in [0.25, 0.3) is 5.65 Å². The lowest BCUT2D eigenvalue weighted by Gasteiger charge is -2.70. The number of hydrogen-bond donors (Lipinski definition) is 1. The van der Waals surface area contributed by atoms with Crippen molar-refractivity contribution in [3.05, 3.63) is 47.8 Å². The molecule has 7 nitrogen and oxygen atoms in total. The first kappa shape index (κ1) is 17.4. The van der Waals surface area contributed by atoms with Crippen molar-refractivity contribution in [2.45, 2.75) is 31.2 Å². The molecule has 6 rings (SSSR count). The van der Waals surface area contributed by atoms with Gasteiger partial charge in [0.2, 0.25) is 0 Å². The summed E-state index contributed by atoms with van der Waals surface area (Å²) in [5.41, 5.74) is 0.722. The van der Waals surface area contributed by atoms with E-state index in [9.17, 15) is 9.18 Å². The molecule has 0 aliphatic heterocycles. The van der Waals surface area contributed by atoms with Crippen molar-refractivity contribution >= 4 is 28.8 Å². The number of hydrogen-bond acceptors (Lipinski definition) is 6. The number of halogens is 2. The first-order chi connectivity index (χ1) is 13.5. The van der Waals surface area contributed by atoms with Crippen molar-refractivity contribution in [1.82, 2.24) is 19.6 Å². The number of benzene rings is 1. The molecule has 0 unspecified atom stereocenters. The van der Waals surface area contributed by atoms with Crippen molar-refractivity contribution in [2.75, 3.05) is 11.9 Å². The highest BCUT2D eigenvalue weighted by Gasteiger charge is 2.68. The molecular weight excluding hydrogens is 385 g/mol. The largest absolute Gasteiger partial charge is 0.486 e. The van der Waals surface area contributed by atoms with Gasteiger partial charge < -0.3 is 10.1 Å². The van der Waals surface area contributed by atoms with Crippen LogP contribution in [0, 0.1) is 11.2 Å². The van der Waals surface area contributed by atoms with Crippen molar-refractivity contribution < 1.29 is 13.9 Å². The lowest BCUT2D eigenvalue weighted by Crippen LogP contribution is -2.71. The molecule has 3 aromatic rings. The number of rotatable bonds is 7. The Labute approximate surface area is 164 Å². The summed E-state index contributed by atoms with van der Waals surface area (Å²) in [7, 11) is 0. The zero-order valence-corrected chi connectivity index (χ0v) is 15.6. The highest BCUT2D eigenvalue weighted by Crippen LogP contribution is 2.70. The molecule has 2 aromatic heterocycles. The summed E-state index contributed by atoms with van der Waals surface area (Å²) in [4.78, 5) is 20.9. The molecule has 144 valence electrons. The van der Waals surface area contributed by atoms with E-state index < -0.39 is 5.82 Å². The van der Waals surface area contributed by atoms with Crippen LogP contribution in [0.15, 0.2) is 36.9 Å². The molecule has 0 spiro atoms. The van der Waals surface area contributed by atoms with Gasteiger partial charge in [0.15, 0.2) is 17.2 Å². The van der Waals surface area contributed by atoms with Crippen molar-refractivity contribution in [2.24, 2.45) is 5.41 Å². The molecule has 3 fully saturated rings. The van der Waals surface area contributed by atoms with Gasteiger partial charge in [-0.1, -0.05) is 11.6 Å². The fourth-order valence-electron chi connectivity index (χ4n) is 4.61. The average molecular weight is 402 g/mol. The van der Waals surface area contributed by atoms with Crippen LogP contribution in [0.2, 0.25) is 5.02 Å². The SMILES string of the molecule is O=C(COc1ccc(Cl)c(F)c1)CC12CC(Nc3nccn4ncnc34)(C1)C2. The van der Waals surface area contributed by atoms with Crippen molar-refractivity contribution in [1.29, 1.82) is 0 Å². The Hall–Kier alpha value is -2.74. The lowest BCUT2D eigenvalue weighted by atomic mass is 9.38. The molecular formula is C19H17ClFN5O2. The number of ether oxygens (including phenoxy) is 1. The molecule has 0 saturated heterocycles. The monoisotopic (exact) mass is 401 g/mol. The normalized spacial score (nSPS) is 25.1. The predicted octanol–water partition coefficient (Wildman–Crippen LogP) is 3.29. The van der Waals surface area contributed by atoms with Gasteiger partial charge in [-0.3, -0.25) is 4.79 Å². The zero-order valence-electron chi connectivity index (χ0n) is 14.9. The van der Waals surface area contributed by atoms with E-state index in [1.165, 1.54) is 18.5 Å². The number of nitrogens with zero attached hydrogens (tertiary/aromatic N) is 4. The molecule has 2 heterocycles. The Morgan fingerprint density at radius 1 is 1.32 bits per heavy atom. The smallest absolute Gasteiger partial charge is 0.198 e. The molecule has 2 bridgehead atoms. The summed E-state index contributed by atoms with van der Waals surface area (Å²) in [6.07, 6.45) is 8.15. The second-order valence-corrected chi connectivity index (χ2v) is 8.23. The Morgan fingerprint density at radius 3 is 2.93 bits per heavy atom. The fraction of sp³-hybridized carbons (Fsp3) is 0.368. The number of ketones is 1. The van der Waals surface area contributed by atoms with Gasteiger partial charge in [0.1, 0.15) is 24.5 Å². The highest BCUT2D eigenvalue weighted by molar-refractivity contribution is 6.30. The van der Waals surface area contributed by atoms with Crippen LogP contribution in [-0.4, -0.2) is 37.5 Å². The first-order valence-electron chi connectivity index (χ1n) is 8.98. The maximum absolute atomic E-state index is 13.4. The van der Waals surface area contributed by atoms with E-state index in [2.05, 4.69) is 20.4 Å². The number of aromatic nitrogens is 4. The molecule has 0 atom stereocenters. The van der Waals surface area contributed by atoms with Crippen molar-refractivity contribution in [3.8, 4) is 5.75 Å². The second-order valence-electron chi connectivity index (χ2n) is 7.82. The summed E-state index contributed by atoms with van der Waals surface area (Å²) in [6, 6.07) is 4.15. The second kappa shape index (κ2) is 6.13. The van der Waals surface area contributed by atoms with E-state index in [1.54, 1.807) is 23.0 Å². The number of carbonyl (C=O) groups is 1. The van der Waals surface area contributed by atoms with Crippen molar-refractivity contribution in [3.63, 3.8) is 0 Å². The van der Waals surface area contributed by atoms with Crippen LogP contribution >= 0.6 is 11.6 Å². The number of nitrogens with one attached hydrogen (secondary N) is 1. The maximum atomic E-state index is 13.4. The minimum Gasteiger partial charge on any atom is -0.486 e. The number of anilines is 1. The van der Waals surface area contributed by atoms with Gasteiger partial charge in [-0.05, 0) is 36.8 Å². The molecule has 0 radical (unpaired) electrons. The van der Waals surface area contributed by atoms with Crippen LogP contribution in [0.1, 0.15) is 25.7 Å². The highest BCUT2D eigenvalue weighted by atomic mass is 35.5. The number of Topliss-reactive ketones (excluding diaryl/α,β-unsaturated/α-hetero) is 1. The van der Waals surface area contributed by atoms with Crippen LogP contribution in [-0.2, 0) is 4.79 Å². The van der Waals surface area contributed by atoms with Crippen LogP contribution in [0.5, 0.6) is 5.75 Å². The van der Waals surface area contributed by atoms with E-state index in [0.29, 0.717) is 23.6 Å². The number of carbonyl (C=O) groups excluding carboxylic acids is 1. The van der Waals surface area contributed by atoms with E-state index in [4.69, 9.17) is 16.3 Å². The summed E-state index contributed by atoms with van der Waals surface area (Å²) < 4.78 is 20.5. The average Bonchev–Trinajstić information content (AvgIpc) is 3.09. The standard InChI is InChI=1S/C19H17ClFN5O2/c20-14-2-1-13(5-15(14)21)28-7-12(27)6-18-8-19(9-18,10-18)25-16-17-23-11-24-26(17)4-3-22-16/h1-5,11H,6-10H2,(H,22,25). The Balaban J connectivity index is 1.15. The van der Waals surface area contributed by atoms with Gasteiger partial charge in [0, 0.05) is 30.4 Å². The van der Waals surface area contributed by atoms with E-state index >= 15 is 0 Å². The van der Waals surface area contributed by atoms with E-state index in [-0.39, 0.29) is 28.4 Å². The molecule has 28 heavy (non-hydrogen) atoms. The lowest BCUT2D eigenvalue weighted by molar-refractivity contribution is -0.147. The van der Waals surface area contributed by atoms with E-state index in [0.717, 1.165) is 19.3 Å². The summed E-state index contributed by atoms with van der Waals surface area (Å²) >= 11 is 5.64. The third kappa shape index (κ3) is 2.88. The first-order valence-corrected chi connectivity index (χ1v) is 9.36. The van der Waals surface area contributed by atoms with Gasteiger partial charge in [-0.15, -0.1) is 0 Å². The third-order valence-corrected chi connectivity index (χ3v) is 5.89. The Bertz CT molecular complexity index is 1070. The van der Waals surface area contributed by atoms with Crippen LogP contribution < -0.4 is 10.1 Å².